The van der Waals surface area contributed by atoms with E-state index in [4.69, 9.17) is 11.6 Å². The first-order valence-corrected chi connectivity index (χ1v) is 8.38. The zero-order valence-corrected chi connectivity index (χ0v) is 13.9. The summed E-state index contributed by atoms with van der Waals surface area (Å²) < 4.78 is 0. The van der Waals surface area contributed by atoms with Gasteiger partial charge in [-0.3, -0.25) is 0 Å². The van der Waals surface area contributed by atoms with Gasteiger partial charge in [-0.15, -0.1) is 22.0 Å². The minimum Gasteiger partial charge on any atom is -0.313 e. The van der Waals surface area contributed by atoms with Crippen LogP contribution in [0.15, 0.2) is 29.2 Å². The second kappa shape index (κ2) is 8.36. The van der Waals surface area contributed by atoms with E-state index >= 15 is 0 Å². The van der Waals surface area contributed by atoms with E-state index in [1.807, 2.05) is 18.2 Å². The fourth-order valence-electron chi connectivity index (χ4n) is 1.92. The molecule has 0 bridgehead atoms. The van der Waals surface area contributed by atoms with Crippen molar-refractivity contribution in [3.05, 3.63) is 35.1 Å². The first-order chi connectivity index (χ1) is 10.2. The van der Waals surface area contributed by atoms with E-state index in [1.54, 1.807) is 18.8 Å². The summed E-state index contributed by atoms with van der Waals surface area (Å²) in [5.41, 5.74) is 0. The lowest BCUT2D eigenvalue weighted by Crippen LogP contribution is -2.34. The van der Waals surface area contributed by atoms with Crippen molar-refractivity contribution < 1.29 is 0 Å². The monoisotopic (exact) mass is 325 g/mol. The highest BCUT2D eigenvalue weighted by atomic mass is 35.5. The molecule has 0 aliphatic carbocycles. The van der Waals surface area contributed by atoms with Gasteiger partial charge in [0.05, 0.1) is 7.05 Å². The molecule has 1 aromatic heterocycles. The summed E-state index contributed by atoms with van der Waals surface area (Å²) in [6.45, 7) is 3.15. The normalized spacial score (nSPS) is 12.5. The van der Waals surface area contributed by atoms with E-state index in [9.17, 15) is 0 Å². The number of hydrogen-bond acceptors (Lipinski definition) is 5. The van der Waals surface area contributed by atoms with Gasteiger partial charge in [-0.25, -0.2) is 0 Å². The Balaban J connectivity index is 1.92. The summed E-state index contributed by atoms with van der Waals surface area (Å²) in [4.78, 5) is 2.67. The molecule has 0 amide bonds. The molecule has 0 spiro atoms. The second-order valence-corrected chi connectivity index (χ2v) is 6.35. The standard InChI is InChI=1S/C14H20ClN5S/c1-3-7-16-12(9-14-17-19-20(2)18-14)10-21-13-6-4-5-11(15)8-13/h4-6,8,12,16H,3,7,9-10H2,1-2H3. The number of hydrogen-bond donors (Lipinski definition) is 1. The molecule has 1 heterocycles. The van der Waals surface area contributed by atoms with Crippen molar-refractivity contribution in [2.45, 2.75) is 30.7 Å². The summed E-state index contributed by atoms with van der Waals surface area (Å²) in [6.07, 6.45) is 1.88. The van der Waals surface area contributed by atoms with E-state index in [0.717, 1.165) is 36.0 Å². The molecule has 114 valence electrons. The number of nitrogens with zero attached hydrogens (tertiary/aromatic N) is 4. The van der Waals surface area contributed by atoms with Crippen LogP contribution < -0.4 is 5.32 Å². The van der Waals surface area contributed by atoms with Gasteiger partial charge < -0.3 is 5.32 Å². The molecule has 1 N–H and O–H groups in total. The maximum atomic E-state index is 6.02. The predicted molar refractivity (Wildman–Crippen MR) is 86.8 cm³/mol. The van der Waals surface area contributed by atoms with E-state index in [-0.39, 0.29) is 0 Å². The molecule has 7 heteroatoms. The predicted octanol–water partition coefficient (Wildman–Crippen LogP) is 2.57. The van der Waals surface area contributed by atoms with Gasteiger partial charge in [-0.2, -0.15) is 4.80 Å². The summed E-state index contributed by atoms with van der Waals surface area (Å²) >= 11 is 7.81. The summed E-state index contributed by atoms with van der Waals surface area (Å²) in [5.74, 6) is 1.72. The third-order valence-corrected chi connectivity index (χ3v) is 4.30. The maximum Gasteiger partial charge on any atom is 0.176 e. The molecular formula is C14H20ClN5S. The molecule has 21 heavy (non-hydrogen) atoms. The van der Waals surface area contributed by atoms with Crippen LogP contribution in [0.2, 0.25) is 5.02 Å². The number of aromatic nitrogens is 4. The maximum absolute atomic E-state index is 6.02. The van der Waals surface area contributed by atoms with Crippen molar-refractivity contribution in [3.63, 3.8) is 0 Å². The second-order valence-electron chi connectivity index (χ2n) is 4.82. The molecule has 5 nitrogen and oxygen atoms in total. The van der Waals surface area contributed by atoms with Gasteiger partial charge in [-0.05, 0) is 36.4 Å². The highest BCUT2D eigenvalue weighted by molar-refractivity contribution is 7.99. The van der Waals surface area contributed by atoms with E-state index in [2.05, 4.69) is 33.7 Å². The number of halogens is 1. The Bertz CT molecular complexity index is 560. The number of benzene rings is 1. The minimum atomic E-state index is 0.318. The van der Waals surface area contributed by atoms with Crippen LogP contribution in [0.25, 0.3) is 0 Å². The molecule has 1 atom stereocenters. The van der Waals surface area contributed by atoms with Crippen molar-refractivity contribution in [1.82, 2.24) is 25.5 Å². The van der Waals surface area contributed by atoms with E-state index in [0.29, 0.717) is 6.04 Å². The van der Waals surface area contributed by atoms with Crippen LogP contribution in [0.4, 0.5) is 0 Å². The largest absolute Gasteiger partial charge is 0.313 e. The fourth-order valence-corrected chi connectivity index (χ4v) is 3.19. The summed E-state index contributed by atoms with van der Waals surface area (Å²) in [6, 6.07) is 8.25. The van der Waals surface area contributed by atoms with Crippen LogP contribution in [0.1, 0.15) is 19.2 Å². The van der Waals surface area contributed by atoms with Crippen molar-refractivity contribution in [2.75, 3.05) is 12.3 Å². The van der Waals surface area contributed by atoms with Crippen LogP contribution in [-0.4, -0.2) is 38.5 Å². The molecular weight excluding hydrogens is 306 g/mol. The van der Waals surface area contributed by atoms with Gasteiger partial charge in [0.1, 0.15) is 0 Å². The molecule has 0 saturated heterocycles. The zero-order valence-electron chi connectivity index (χ0n) is 12.3. The smallest absolute Gasteiger partial charge is 0.176 e. The highest BCUT2D eigenvalue weighted by Gasteiger charge is 2.13. The van der Waals surface area contributed by atoms with Gasteiger partial charge in [0.25, 0.3) is 0 Å². The average molecular weight is 326 g/mol. The SMILES string of the molecule is CCCNC(CSc1cccc(Cl)c1)Cc1nnn(C)n1. The lowest BCUT2D eigenvalue weighted by Gasteiger charge is -2.16. The molecule has 1 aromatic carbocycles. The van der Waals surface area contributed by atoms with Crippen LogP contribution in [0.5, 0.6) is 0 Å². The van der Waals surface area contributed by atoms with Crippen molar-refractivity contribution in [3.8, 4) is 0 Å². The Hall–Kier alpha value is -1.11. The summed E-state index contributed by atoms with van der Waals surface area (Å²) in [5, 5.41) is 16.5. The molecule has 1 unspecified atom stereocenters. The molecule has 2 aromatic rings. The van der Waals surface area contributed by atoms with E-state index in [1.165, 1.54) is 9.69 Å². The first-order valence-electron chi connectivity index (χ1n) is 7.02. The molecule has 2 rings (SSSR count). The van der Waals surface area contributed by atoms with Gasteiger partial charge in [0.15, 0.2) is 5.82 Å². The quantitative estimate of drug-likeness (QED) is 0.756. The van der Waals surface area contributed by atoms with Crippen molar-refractivity contribution in [2.24, 2.45) is 7.05 Å². The molecule has 0 fully saturated rings. The van der Waals surface area contributed by atoms with Crippen LogP contribution >= 0.6 is 23.4 Å². The number of thioether (sulfide) groups is 1. The average Bonchev–Trinajstić information content (AvgIpc) is 2.87. The number of aryl methyl sites for hydroxylation is 1. The Morgan fingerprint density at radius 3 is 2.95 bits per heavy atom. The third-order valence-electron chi connectivity index (χ3n) is 2.91. The molecule has 0 saturated carbocycles. The number of nitrogens with one attached hydrogen (secondary N) is 1. The lowest BCUT2D eigenvalue weighted by molar-refractivity contribution is 0.537. The van der Waals surface area contributed by atoms with E-state index < -0.39 is 0 Å². The van der Waals surface area contributed by atoms with Gasteiger partial charge in [-0.1, -0.05) is 24.6 Å². The Morgan fingerprint density at radius 2 is 2.29 bits per heavy atom. The molecule has 0 aliphatic rings. The highest BCUT2D eigenvalue weighted by Crippen LogP contribution is 2.22. The first kappa shape index (κ1) is 16.3. The summed E-state index contributed by atoms with van der Waals surface area (Å²) in [7, 11) is 1.78. The third kappa shape index (κ3) is 5.65. The van der Waals surface area contributed by atoms with Gasteiger partial charge >= 0.3 is 0 Å². The topological polar surface area (TPSA) is 55.6 Å². The number of tetrazole rings is 1. The Morgan fingerprint density at radius 1 is 1.43 bits per heavy atom. The van der Waals surface area contributed by atoms with Crippen LogP contribution in [-0.2, 0) is 13.5 Å². The lowest BCUT2D eigenvalue weighted by atomic mass is 10.2. The minimum absolute atomic E-state index is 0.318. The molecule has 0 radical (unpaired) electrons. The number of rotatable bonds is 8. The van der Waals surface area contributed by atoms with Crippen LogP contribution in [0, 0.1) is 0 Å². The Labute approximate surface area is 134 Å². The van der Waals surface area contributed by atoms with Gasteiger partial charge in [0.2, 0.25) is 0 Å². The Kier molecular flexibility index (Phi) is 6.48. The van der Waals surface area contributed by atoms with Crippen LogP contribution in [0.3, 0.4) is 0 Å². The zero-order chi connectivity index (χ0) is 15.1. The van der Waals surface area contributed by atoms with Gasteiger partial charge in [0, 0.05) is 28.1 Å². The molecule has 0 aliphatic heterocycles. The fraction of sp³-hybridized carbons (Fsp3) is 0.500. The van der Waals surface area contributed by atoms with Crippen molar-refractivity contribution in [1.29, 1.82) is 0 Å². The van der Waals surface area contributed by atoms with Crippen molar-refractivity contribution >= 4 is 23.4 Å².